The lowest BCUT2D eigenvalue weighted by Crippen LogP contribution is -2.21. The van der Waals surface area contributed by atoms with E-state index < -0.39 is 23.4 Å². The number of amides is 1. The van der Waals surface area contributed by atoms with E-state index in [1.807, 2.05) is 6.07 Å². The summed E-state index contributed by atoms with van der Waals surface area (Å²) in [6.45, 7) is 1.09. The van der Waals surface area contributed by atoms with Crippen LogP contribution >= 0.6 is 0 Å². The highest BCUT2D eigenvalue weighted by Crippen LogP contribution is 2.29. The van der Waals surface area contributed by atoms with Crippen molar-refractivity contribution in [3.8, 4) is 5.75 Å². The molecular weight excluding hydrogens is 368 g/mol. The third kappa shape index (κ3) is 3.78. The summed E-state index contributed by atoms with van der Waals surface area (Å²) in [5.74, 6) is -1.25. The highest BCUT2D eigenvalue weighted by Gasteiger charge is 2.21. The van der Waals surface area contributed by atoms with E-state index in [2.05, 4.69) is 5.32 Å². The van der Waals surface area contributed by atoms with Gasteiger partial charge in [0, 0.05) is 10.9 Å². The Hall–Kier alpha value is -3.88. The zero-order valence-corrected chi connectivity index (χ0v) is 15.1. The Bertz CT molecular complexity index is 1070. The summed E-state index contributed by atoms with van der Waals surface area (Å²) in [7, 11) is 1.37. The maximum Gasteiger partial charge on any atom is 0.375 e. The molecule has 1 heterocycles. The van der Waals surface area contributed by atoms with Crippen LogP contribution < -0.4 is 10.1 Å². The van der Waals surface area contributed by atoms with Crippen LogP contribution in [0.3, 0.4) is 0 Å². The van der Waals surface area contributed by atoms with Crippen molar-refractivity contribution in [2.24, 2.45) is 0 Å². The van der Waals surface area contributed by atoms with E-state index in [0.717, 1.165) is 5.39 Å². The van der Waals surface area contributed by atoms with Gasteiger partial charge in [-0.1, -0.05) is 18.2 Å². The zero-order valence-electron chi connectivity index (χ0n) is 15.1. The van der Waals surface area contributed by atoms with Gasteiger partial charge in [-0.2, -0.15) is 0 Å². The quantitative estimate of drug-likeness (QED) is 0.392. The molecule has 0 radical (unpaired) electrons. The van der Waals surface area contributed by atoms with Crippen molar-refractivity contribution in [1.29, 1.82) is 0 Å². The molecule has 0 aliphatic heterocycles. The number of aryl methyl sites for hydroxylation is 1. The molecule has 0 aliphatic rings. The van der Waals surface area contributed by atoms with Gasteiger partial charge in [0.05, 0.1) is 18.1 Å². The van der Waals surface area contributed by atoms with Crippen LogP contribution in [0.1, 0.15) is 16.1 Å². The number of nitrogens with one attached hydrogen (secondary N) is 1. The molecule has 0 spiro atoms. The molecule has 9 heteroatoms. The number of esters is 1. The molecule has 0 aliphatic carbocycles. The molecule has 0 atom stereocenters. The molecule has 0 bridgehead atoms. The number of nitrogens with zero attached hydrogens (tertiary/aromatic N) is 1. The Morgan fingerprint density at radius 1 is 1.21 bits per heavy atom. The number of furan rings is 1. The topological polar surface area (TPSA) is 121 Å². The lowest BCUT2D eigenvalue weighted by molar-refractivity contribution is -0.384. The van der Waals surface area contributed by atoms with Crippen LogP contribution in [0.15, 0.2) is 46.9 Å². The maximum absolute atomic E-state index is 12.2. The molecule has 0 saturated carbocycles. The molecule has 3 aromatic rings. The first-order chi connectivity index (χ1) is 13.4. The molecule has 3 rings (SSSR count). The lowest BCUT2D eigenvalue weighted by Gasteiger charge is -2.08. The number of benzene rings is 2. The first-order valence-electron chi connectivity index (χ1n) is 8.18. The van der Waals surface area contributed by atoms with Gasteiger partial charge in [0.2, 0.25) is 5.76 Å². The normalized spacial score (nSPS) is 10.5. The predicted octanol–water partition coefficient (Wildman–Crippen LogP) is 3.45. The number of carbonyl (C=O) groups is 2. The van der Waals surface area contributed by atoms with E-state index >= 15 is 0 Å². The van der Waals surface area contributed by atoms with Crippen molar-refractivity contribution in [3.05, 3.63) is 63.9 Å². The van der Waals surface area contributed by atoms with Gasteiger partial charge in [-0.3, -0.25) is 14.9 Å². The van der Waals surface area contributed by atoms with E-state index in [9.17, 15) is 19.7 Å². The van der Waals surface area contributed by atoms with Crippen molar-refractivity contribution in [3.63, 3.8) is 0 Å². The molecule has 1 N–H and O–H groups in total. The lowest BCUT2D eigenvalue weighted by atomic mass is 10.1. The second-order valence-corrected chi connectivity index (χ2v) is 5.82. The first kappa shape index (κ1) is 18.9. The van der Waals surface area contributed by atoms with E-state index in [-0.39, 0.29) is 22.9 Å². The molecule has 2 aromatic carbocycles. The number of carbonyl (C=O) groups excluding carboxylic acids is 2. The molecule has 1 aromatic heterocycles. The number of ether oxygens (including phenoxy) is 2. The predicted molar refractivity (Wildman–Crippen MR) is 99.5 cm³/mol. The van der Waals surface area contributed by atoms with Gasteiger partial charge in [0.25, 0.3) is 11.6 Å². The monoisotopic (exact) mass is 384 g/mol. The largest absolute Gasteiger partial charge is 0.496 e. The van der Waals surface area contributed by atoms with Gasteiger partial charge in [-0.15, -0.1) is 0 Å². The van der Waals surface area contributed by atoms with Crippen LogP contribution in [0.4, 0.5) is 11.4 Å². The van der Waals surface area contributed by atoms with Gasteiger partial charge >= 0.3 is 5.97 Å². The third-order valence-electron chi connectivity index (χ3n) is 4.04. The summed E-state index contributed by atoms with van der Waals surface area (Å²) in [6, 6.07) is 11.1. The number of rotatable bonds is 6. The summed E-state index contributed by atoms with van der Waals surface area (Å²) in [5, 5.41) is 14.3. The van der Waals surface area contributed by atoms with Gasteiger partial charge in [-0.25, -0.2) is 4.79 Å². The number of anilines is 1. The van der Waals surface area contributed by atoms with E-state index in [4.69, 9.17) is 13.9 Å². The fraction of sp³-hybridized carbons (Fsp3) is 0.158. The molecular formula is C19H16N2O7. The first-order valence-corrected chi connectivity index (χ1v) is 8.18. The minimum atomic E-state index is -0.798. The minimum Gasteiger partial charge on any atom is -0.496 e. The van der Waals surface area contributed by atoms with Crippen LogP contribution in [-0.4, -0.2) is 30.5 Å². The molecule has 28 heavy (non-hydrogen) atoms. The molecule has 0 saturated heterocycles. The fourth-order valence-electron chi connectivity index (χ4n) is 2.65. The van der Waals surface area contributed by atoms with Crippen LogP contribution in [-0.2, 0) is 9.53 Å². The third-order valence-corrected chi connectivity index (χ3v) is 4.04. The van der Waals surface area contributed by atoms with Crippen LogP contribution in [0.25, 0.3) is 11.0 Å². The Kier molecular flexibility index (Phi) is 5.25. The zero-order chi connectivity index (χ0) is 20.3. The van der Waals surface area contributed by atoms with Crippen molar-refractivity contribution in [1.82, 2.24) is 0 Å². The second-order valence-electron chi connectivity index (χ2n) is 5.82. The van der Waals surface area contributed by atoms with Crippen LogP contribution in [0.2, 0.25) is 0 Å². The van der Waals surface area contributed by atoms with Gasteiger partial charge in [-0.05, 0) is 25.1 Å². The van der Waals surface area contributed by atoms with Gasteiger partial charge < -0.3 is 19.2 Å². The molecule has 144 valence electrons. The minimum absolute atomic E-state index is 0.00410. The van der Waals surface area contributed by atoms with Crippen LogP contribution in [0, 0.1) is 17.0 Å². The Morgan fingerprint density at radius 2 is 1.96 bits per heavy atom. The van der Waals surface area contributed by atoms with E-state index in [1.54, 1.807) is 25.1 Å². The second kappa shape index (κ2) is 7.78. The summed E-state index contributed by atoms with van der Waals surface area (Å²) >= 11 is 0. The van der Waals surface area contributed by atoms with Gasteiger partial charge in [0.15, 0.2) is 6.61 Å². The fourth-order valence-corrected chi connectivity index (χ4v) is 2.65. The van der Waals surface area contributed by atoms with Crippen molar-refractivity contribution in [2.45, 2.75) is 6.92 Å². The summed E-state index contributed by atoms with van der Waals surface area (Å²) in [6.07, 6.45) is 0. The van der Waals surface area contributed by atoms with E-state index in [0.29, 0.717) is 11.1 Å². The standard InChI is InChI=1S/C19H16N2O7/c1-11-13-5-3-4-6-16(13)28-18(11)19(23)27-10-17(22)20-14-8-7-12(26-2)9-15(14)21(24)25/h3-9H,10H2,1-2H3,(H,20,22). The molecule has 0 fully saturated rings. The number of nitro benzene ring substituents is 1. The maximum atomic E-state index is 12.2. The summed E-state index contributed by atoms with van der Waals surface area (Å²) in [4.78, 5) is 34.8. The molecule has 0 unspecified atom stereocenters. The number of para-hydroxylation sites is 1. The highest BCUT2D eigenvalue weighted by molar-refractivity contribution is 5.99. The number of fused-ring (bicyclic) bond motifs is 1. The molecule has 9 nitrogen and oxygen atoms in total. The highest BCUT2D eigenvalue weighted by atomic mass is 16.6. The summed E-state index contributed by atoms with van der Waals surface area (Å²) in [5.41, 5.74) is 0.760. The molecule has 1 amide bonds. The number of methoxy groups -OCH3 is 1. The van der Waals surface area contributed by atoms with Crippen molar-refractivity contribution in [2.75, 3.05) is 19.0 Å². The Labute approximate surface area is 159 Å². The summed E-state index contributed by atoms with van der Waals surface area (Å²) < 4.78 is 15.4. The Morgan fingerprint density at radius 3 is 2.64 bits per heavy atom. The van der Waals surface area contributed by atoms with Crippen molar-refractivity contribution >= 4 is 34.2 Å². The van der Waals surface area contributed by atoms with Crippen LogP contribution in [0.5, 0.6) is 5.75 Å². The van der Waals surface area contributed by atoms with Crippen molar-refractivity contribution < 1.29 is 28.4 Å². The van der Waals surface area contributed by atoms with Gasteiger partial charge in [0.1, 0.15) is 17.0 Å². The number of hydrogen-bond acceptors (Lipinski definition) is 7. The van der Waals surface area contributed by atoms with E-state index in [1.165, 1.54) is 25.3 Å². The number of nitro groups is 1. The average molecular weight is 384 g/mol. The smallest absolute Gasteiger partial charge is 0.375 e. The Balaban J connectivity index is 1.68. The number of hydrogen-bond donors (Lipinski definition) is 1. The average Bonchev–Trinajstić information content (AvgIpc) is 3.03. The SMILES string of the molecule is COc1ccc(NC(=O)COC(=O)c2oc3ccccc3c2C)c([N+](=O)[O-])c1.